The van der Waals surface area contributed by atoms with Crippen LogP contribution in [-0.2, 0) is 16.3 Å². The maximum atomic E-state index is 13.1. The number of aromatic nitrogens is 2. The normalized spacial score (nSPS) is 19.1. The van der Waals surface area contributed by atoms with Crippen molar-refractivity contribution in [3.63, 3.8) is 0 Å². The number of nitrogens with one attached hydrogen (secondary N) is 1. The Bertz CT molecular complexity index is 1240. The molecular formula is C22H24N4O3S. The number of pyridine rings is 1. The Morgan fingerprint density at radius 3 is 2.77 bits per heavy atom. The highest BCUT2D eigenvalue weighted by atomic mass is 32.2. The minimum absolute atomic E-state index is 0.0881. The topological polar surface area (TPSA) is 83.8 Å². The van der Waals surface area contributed by atoms with Crippen LogP contribution in [0.4, 0.5) is 5.69 Å². The molecule has 5 rings (SSSR count). The van der Waals surface area contributed by atoms with Crippen LogP contribution in [0.5, 0.6) is 0 Å². The van der Waals surface area contributed by atoms with E-state index in [2.05, 4.69) is 28.3 Å². The van der Waals surface area contributed by atoms with Crippen molar-refractivity contribution in [3.8, 4) is 0 Å². The summed E-state index contributed by atoms with van der Waals surface area (Å²) >= 11 is 0. The van der Waals surface area contributed by atoms with E-state index < -0.39 is 9.84 Å². The van der Waals surface area contributed by atoms with Crippen molar-refractivity contribution in [2.45, 2.75) is 30.1 Å². The van der Waals surface area contributed by atoms with E-state index in [1.54, 1.807) is 28.8 Å². The van der Waals surface area contributed by atoms with Gasteiger partial charge in [0.1, 0.15) is 11.3 Å². The van der Waals surface area contributed by atoms with Crippen molar-refractivity contribution in [2.24, 2.45) is 0 Å². The highest BCUT2D eigenvalue weighted by Gasteiger charge is 2.30. The molecule has 30 heavy (non-hydrogen) atoms. The van der Waals surface area contributed by atoms with Gasteiger partial charge in [0.15, 0.2) is 9.84 Å². The molecule has 1 fully saturated rings. The molecule has 0 saturated carbocycles. The first kappa shape index (κ1) is 19.3. The lowest BCUT2D eigenvalue weighted by molar-refractivity contribution is 0.102. The number of rotatable bonds is 3. The first-order valence-electron chi connectivity index (χ1n) is 10.2. The monoisotopic (exact) mass is 424 g/mol. The zero-order valence-corrected chi connectivity index (χ0v) is 17.7. The second-order valence-corrected chi connectivity index (χ2v) is 10.3. The van der Waals surface area contributed by atoms with Gasteiger partial charge in [0.25, 0.3) is 5.91 Å². The Kier molecular flexibility index (Phi) is 4.63. The quantitative estimate of drug-likeness (QED) is 0.699. The van der Waals surface area contributed by atoms with E-state index in [4.69, 9.17) is 0 Å². The number of fused-ring (bicyclic) bond motifs is 2. The van der Waals surface area contributed by atoms with Crippen LogP contribution in [0, 0.1) is 0 Å². The van der Waals surface area contributed by atoms with Crippen LogP contribution in [0.15, 0.2) is 47.6 Å². The Morgan fingerprint density at radius 2 is 1.97 bits per heavy atom. The van der Waals surface area contributed by atoms with E-state index in [-0.39, 0.29) is 16.6 Å². The average molecular weight is 425 g/mol. The SMILES string of the molecule is CN1CCC(c2ccc3ncc(C(=O)Nc4cccc5c4S(=O)(=O)CC5)n3c2)CC1. The fourth-order valence-corrected chi connectivity index (χ4v) is 6.25. The van der Waals surface area contributed by atoms with E-state index in [1.807, 2.05) is 12.3 Å². The van der Waals surface area contributed by atoms with Crippen molar-refractivity contribution in [1.29, 1.82) is 0 Å². The van der Waals surface area contributed by atoms with Crippen molar-refractivity contribution in [2.75, 3.05) is 31.2 Å². The summed E-state index contributed by atoms with van der Waals surface area (Å²) in [7, 11) is -1.22. The Labute approximate surface area is 175 Å². The van der Waals surface area contributed by atoms with Crippen LogP contribution in [0.1, 0.15) is 40.4 Å². The molecule has 156 valence electrons. The molecule has 0 atom stereocenters. The number of hydrogen-bond acceptors (Lipinski definition) is 5. The minimum atomic E-state index is -3.36. The lowest BCUT2D eigenvalue weighted by Gasteiger charge is -2.29. The summed E-state index contributed by atoms with van der Waals surface area (Å²) < 4.78 is 26.7. The number of benzene rings is 1. The van der Waals surface area contributed by atoms with Gasteiger partial charge in [-0.3, -0.25) is 9.20 Å². The lowest BCUT2D eigenvalue weighted by atomic mass is 9.91. The summed E-state index contributed by atoms with van der Waals surface area (Å²) in [5.41, 5.74) is 3.40. The zero-order chi connectivity index (χ0) is 20.9. The minimum Gasteiger partial charge on any atom is -0.319 e. The summed E-state index contributed by atoms with van der Waals surface area (Å²) in [5, 5.41) is 2.81. The molecule has 1 saturated heterocycles. The highest BCUT2D eigenvalue weighted by molar-refractivity contribution is 7.91. The smallest absolute Gasteiger partial charge is 0.274 e. The van der Waals surface area contributed by atoms with Gasteiger partial charge in [-0.1, -0.05) is 18.2 Å². The van der Waals surface area contributed by atoms with Gasteiger partial charge in [-0.2, -0.15) is 0 Å². The molecule has 1 aromatic carbocycles. The molecule has 0 spiro atoms. The number of aryl methyl sites for hydroxylation is 1. The molecule has 0 aliphatic carbocycles. The maximum absolute atomic E-state index is 13.1. The van der Waals surface area contributed by atoms with E-state index in [1.165, 1.54) is 5.56 Å². The average Bonchev–Trinajstić information content (AvgIpc) is 3.29. The Hall–Kier alpha value is -2.71. The number of nitrogens with zero attached hydrogens (tertiary/aromatic N) is 3. The van der Waals surface area contributed by atoms with Gasteiger partial charge in [-0.15, -0.1) is 0 Å². The van der Waals surface area contributed by atoms with E-state index in [0.717, 1.165) is 31.5 Å². The third-order valence-electron chi connectivity index (χ3n) is 6.25. The van der Waals surface area contributed by atoms with Gasteiger partial charge in [0, 0.05) is 6.20 Å². The summed E-state index contributed by atoms with van der Waals surface area (Å²) in [6.07, 6.45) is 6.20. The number of anilines is 1. The van der Waals surface area contributed by atoms with Gasteiger partial charge >= 0.3 is 0 Å². The van der Waals surface area contributed by atoms with Crippen LogP contribution >= 0.6 is 0 Å². The van der Waals surface area contributed by atoms with Crippen LogP contribution in [0.25, 0.3) is 5.65 Å². The Morgan fingerprint density at radius 1 is 1.17 bits per heavy atom. The number of carbonyl (C=O) groups excluding carboxylic acids is 1. The number of amides is 1. The molecule has 2 aromatic heterocycles. The summed E-state index contributed by atoms with van der Waals surface area (Å²) in [4.78, 5) is 20.0. The van der Waals surface area contributed by atoms with Gasteiger partial charge in [0.05, 0.1) is 22.5 Å². The zero-order valence-electron chi connectivity index (χ0n) is 16.8. The predicted molar refractivity (Wildman–Crippen MR) is 115 cm³/mol. The van der Waals surface area contributed by atoms with Crippen LogP contribution in [0.3, 0.4) is 0 Å². The number of hydrogen-bond donors (Lipinski definition) is 1. The van der Waals surface area contributed by atoms with E-state index in [9.17, 15) is 13.2 Å². The van der Waals surface area contributed by atoms with Crippen LogP contribution in [-0.4, -0.2) is 54.5 Å². The molecule has 2 aliphatic rings. The number of imidazole rings is 1. The number of piperidine rings is 1. The largest absolute Gasteiger partial charge is 0.319 e. The molecule has 8 heteroatoms. The molecule has 3 aromatic rings. The summed E-state index contributed by atoms with van der Waals surface area (Å²) in [6, 6.07) is 9.26. The van der Waals surface area contributed by atoms with Crippen molar-refractivity contribution in [3.05, 3.63) is 59.5 Å². The molecule has 0 unspecified atom stereocenters. The number of carbonyl (C=O) groups is 1. The third kappa shape index (κ3) is 3.30. The van der Waals surface area contributed by atoms with Crippen LogP contribution in [0.2, 0.25) is 0 Å². The third-order valence-corrected chi connectivity index (χ3v) is 8.09. The van der Waals surface area contributed by atoms with Gasteiger partial charge in [0.2, 0.25) is 0 Å². The second-order valence-electron chi connectivity index (χ2n) is 8.23. The molecule has 7 nitrogen and oxygen atoms in total. The molecule has 4 heterocycles. The second kappa shape index (κ2) is 7.21. The molecular weight excluding hydrogens is 400 g/mol. The highest BCUT2D eigenvalue weighted by Crippen LogP contribution is 2.33. The molecule has 1 N–H and O–H groups in total. The standard InChI is InChI=1S/C22H24N4O3S/c1-25-10-7-15(8-11-25)17-5-6-20-23-13-19(26(20)14-17)22(27)24-18-4-2-3-16-9-12-30(28,29)21(16)18/h2-6,13-15H,7-12H2,1H3,(H,24,27). The first-order chi connectivity index (χ1) is 14.4. The first-order valence-corrected chi connectivity index (χ1v) is 11.9. The molecule has 0 radical (unpaired) electrons. The summed E-state index contributed by atoms with van der Waals surface area (Å²) in [5.74, 6) is 0.190. The number of likely N-dealkylation sites (tertiary alicyclic amines) is 1. The van der Waals surface area contributed by atoms with Crippen LogP contribution < -0.4 is 5.32 Å². The van der Waals surface area contributed by atoms with Gasteiger partial charge in [-0.25, -0.2) is 13.4 Å². The Balaban J connectivity index is 1.46. The van der Waals surface area contributed by atoms with E-state index >= 15 is 0 Å². The molecule has 2 aliphatic heterocycles. The molecule has 0 bridgehead atoms. The number of sulfone groups is 1. The lowest BCUT2D eigenvalue weighted by Crippen LogP contribution is -2.29. The van der Waals surface area contributed by atoms with Gasteiger partial charge in [-0.05, 0) is 68.6 Å². The fourth-order valence-electron chi connectivity index (χ4n) is 4.53. The fraction of sp³-hybridized carbons (Fsp3) is 0.364. The van der Waals surface area contributed by atoms with Gasteiger partial charge < -0.3 is 10.2 Å². The maximum Gasteiger partial charge on any atom is 0.274 e. The van der Waals surface area contributed by atoms with Crippen molar-refractivity contribution < 1.29 is 13.2 Å². The molecule has 1 amide bonds. The van der Waals surface area contributed by atoms with Crippen molar-refractivity contribution >= 4 is 27.1 Å². The van der Waals surface area contributed by atoms with E-state index in [0.29, 0.717) is 29.4 Å². The summed E-state index contributed by atoms with van der Waals surface area (Å²) in [6.45, 7) is 2.13. The predicted octanol–water partition coefficient (Wildman–Crippen LogP) is 2.73. The van der Waals surface area contributed by atoms with Crippen molar-refractivity contribution in [1.82, 2.24) is 14.3 Å².